The van der Waals surface area contributed by atoms with Crippen LogP contribution in [0, 0.1) is 0 Å². The number of benzene rings is 3. The number of rotatable bonds is 2. The molecule has 0 radical (unpaired) electrons. The van der Waals surface area contributed by atoms with Crippen molar-refractivity contribution in [2.75, 3.05) is 75.7 Å². The van der Waals surface area contributed by atoms with Gasteiger partial charge in [0.2, 0.25) is 0 Å². The lowest BCUT2D eigenvalue weighted by molar-refractivity contribution is 0.00206. The molecular weight excluding hydrogens is 460 g/mol. The molecule has 3 aromatic carbocycles. The first-order valence-electron chi connectivity index (χ1n) is 12.3. The maximum absolute atomic E-state index is 13.5. The molecule has 0 aromatic heterocycles. The van der Waals surface area contributed by atoms with Gasteiger partial charge in [-0.05, 0) is 30.3 Å². The van der Waals surface area contributed by atoms with Gasteiger partial charge in [0.1, 0.15) is 0 Å². The molecule has 2 amide bonds. The molecule has 8 heteroatoms. The summed E-state index contributed by atoms with van der Waals surface area (Å²) in [7, 11) is 0. The zero-order valence-corrected chi connectivity index (χ0v) is 20.2. The second kappa shape index (κ2) is 11.6. The van der Waals surface area contributed by atoms with Crippen LogP contribution in [0.15, 0.2) is 60.7 Å². The summed E-state index contributed by atoms with van der Waals surface area (Å²) in [4.78, 5) is 30.4. The summed E-state index contributed by atoms with van der Waals surface area (Å²) in [6, 6.07) is 18.5. The smallest absolute Gasteiger partial charge is 0.265 e. The van der Waals surface area contributed by atoms with Crippen LogP contribution in [0.5, 0.6) is 0 Å². The molecule has 2 heterocycles. The summed E-state index contributed by atoms with van der Waals surface area (Å²) in [5.41, 5.74) is 2.54. The van der Waals surface area contributed by atoms with E-state index < -0.39 is 0 Å². The second-order valence-electron chi connectivity index (χ2n) is 8.58. The molecule has 188 valence electrons. The fourth-order valence-electron chi connectivity index (χ4n) is 4.63. The van der Waals surface area contributed by atoms with Gasteiger partial charge in [-0.3, -0.25) is 9.59 Å². The van der Waals surface area contributed by atoms with Crippen LogP contribution < -0.4 is 9.80 Å². The normalized spacial score (nSPS) is 18.7. The zero-order chi connectivity index (χ0) is 24.7. The number of hydrogen-bond acceptors (Lipinski definition) is 7. The Hall–Kier alpha value is -3.30. The van der Waals surface area contributed by atoms with E-state index in [0.29, 0.717) is 88.1 Å². The highest BCUT2D eigenvalue weighted by atomic mass is 16.6. The highest BCUT2D eigenvalue weighted by Gasteiger charge is 2.34. The Bertz CT molecular complexity index is 1180. The highest BCUT2D eigenvalue weighted by Crippen LogP contribution is 2.37. The Morgan fingerprint density at radius 2 is 1.11 bits per heavy atom. The number of carbonyl (C=O) groups is 2. The standard InChI is InChI=1S/C28H30N2O6/c31-27-23-8-4-7-22-25(29-11-13-33-15-17-35-19-20-36-18-16-34-14-12-29)10-9-24(26(22)23)28(32)30(27)21-5-2-1-3-6-21/h1-10H,11-20H2. The minimum Gasteiger partial charge on any atom is -0.377 e. The Balaban J connectivity index is 1.46. The number of para-hydroxylation sites is 1. The molecule has 2 aliphatic heterocycles. The maximum Gasteiger partial charge on any atom is 0.265 e. The van der Waals surface area contributed by atoms with Gasteiger partial charge in [-0.2, -0.15) is 0 Å². The minimum absolute atomic E-state index is 0.315. The predicted octanol–water partition coefficient (Wildman–Crippen LogP) is 3.53. The van der Waals surface area contributed by atoms with E-state index in [9.17, 15) is 9.59 Å². The van der Waals surface area contributed by atoms with Gasteiger partial charge >= 0.3 is 0 Å². The van der Waals surface area contributed by atoms with Crippen LogP contribution >= 0.6 is 0 Å². The topological polar surface area (TPSA) is 77.5 Å². The van der Waals surface area contributed by atoms with Crippen LogP contribution in [0.2, 0.25) is 0 Å². The number of imide groups is 1. The third kappa shape index (κ3) is 5.12. The van der Waals surface area contributed by atoms with Crippen LogP contribution in [0.1, 0.15) is 20.7 Å². The zero-order valence-electron chi connectivity index (χ0n) is 20.2. The molecule has 0 bridgehead atoms. The maximum atomic E-state index is 13.5. The molecule has 1 saturated heterocycles. The van der Waals surface area contributed by atoms with Gasteiger partial charge in [0.05, 0.1) is 58.5 Å². The summed E-state index contributed by atoms with van der Waals surface area (Å²) < 4.78 is 22.6. The molecule has 8 nitrogen and oxygen atoms in total. The number of nitrogens with zero attached hydrogens (tertiary/aromatic N) is 2. The van der Waals surface area contributed by atoms with Gasteiger partial charge in [0, 0.05) is 40.7 Å². The second-order valence-corrected chi connectivity index (χ2v) is 8.58. The molecule has 5 rings (SSSR count). The van der Waals surface area contributed by atoms with Gasteiger partial charge in [-0.15, -0.1) is 0 Å². The van der Waals surface area contributed by atoms with Crippen LogP contribution in [-0.4, -0.2) is 77.8 Å². The molecule has 0 spiro atoms. The lowest BCUT2D eigenvalue weighted by atomic mass is 9.92. The van der Waals surface area contributed by atoms with Gasteiger partial charge in [-0.25, -0.2) is 4.90 Å². The highest BCUT2D eigenvalue weighted by molar-refractivity contribution is 6.36. The van der Waals surface area contributed by atoms with Crippen molar-refractivity contribution in [2.24, 2.45) is 0 Å². The van der Waals surface area contributed by atoms with E-state index in [1.807, 2.05) is 42.5 Å². The van der Waals surface area contributed by atoms with Crippen LogP contribution in [-0.2, 0) is 18.9 Å². The Morgan fingerprint density at radius 3 is 1.72 bits per heavy atom. The van der Waals surface area contributed by atoms with Crippen molar-refractivity contribution in [2.45, 2.75) is 0 Å². The number of hydrogen-bond donors (Lipinski definition) is 0. The molecule has 3 aromatic rings. The molecule has 2 aliphatic rings. The van der Waals surface area contributed by atoms with E-state index in [2.05, 4.69) is 4.90 Å². The molecule has 36 heavy (non-hydrogen) atoms. The third-order valence-corrected chi connectivity index (χ3v) is 6.37. The first-order valence-corrected chi connectivity index (χ1v) is 12.3. The molecule has 0 aliphatic carbocycles. The monoisotopic (exact) mass is 490 g/mol. The summed E-state index contributed by atoms with van der Waals surface area (Å²) >= 11 is 0. The summed E-state index contributed by atoms with van der Waals surface area (Å²) in [6.07, 6.45) is 0. The number of amides is 2. The van der Waals surface area contributed by atoms with Crippen molar-refractivity contribution >= 4 is 34.0 Å². The fraction of sp³-hybridized carbons (Fsp3) is 0.357. The van der Waals surface area contributed by atoms with Gasteiger partial charge in [-0.1, -0.05) is 30.3 Å². The van der Waals surface area contributed by atoms with E-state index in [0.717, 1.165) is 11.1 Å². The largest absolute Gasteiger partial charge is 0.377 e. The van der Waals surface area contributed by atoms with Gasteiger partial charge in [0.25, 0.3) is 11.8 Å². The van der Waals surface area contributed by atoms with Crippen LogP contribution in [0.4, 0.5) is 11.4 Å². The first kappa shape index (κ1) is 24.4. The third-order valence-electron chi connectivity index (χ3n) is 6.37. The van der Waals surface area contributed by atoms with Crippen LogP contribution in [0.25, 0.3) is 10.8 Å². The lowest BCUT2D eigenvalue weighted by Crippen LogP contribution is -2.40. The number of ether oxygens (including phenoxy) is 4. The van der Waals surface area contributed by atoms with E-state index in [1.165, 1.54) is 4.90 Å². The van der Waals surface area contributed by atoms with Crippen molar-refractivity contribution in [3.8, 4) is 0 Å². The SMILES string of the molecule is O=C1c2cccc3c(N4CCOCCOCCOCCOCC4)ccc(c23)C(=O)N1c1ccccc1. The Kier molecular flexibility index (Phi) is 7.88. The molecule has 0 N–H and O–H groups in total. The summed E-state index contributed by atoms with van der Waals surface area (Å²) in [5.74, 6) is -0.629. The van der Waals surface area contributed by atoms with Crippen molar-refractivity contribution in [3.05, 3.63) is 71.8 Å². The first-order chi connectivity index (χ1) is 17.8. The van der Waals surface area contributed by atoms with Crippen molar-refractivity contribution in [3.63, 3.8) is 0 Å². The van der Waals surface area contributed by atoms with Crippen molar-refractivity contribution in [1.82, 2.24) is 0 Å². The molecule has 1 fully saturated rings. The summed E-state index contributed by atoms with van der Waals surface area (Å²) in [5, 5.41) is 1.56. The Morgan fingerprint density at radius 1 is 0.556 bits per heavy atom. The summed E-state index contributed by atoms with van der Waals surface area (Å²) in [6.45, 7) is 5.42. The lowest BCUT2D eigenvalue weighted by Gasteiger charge is -2.30. The minimum atomic E-state index is -0.315. The number of carbonyl (C=O) groups excluding carboxylic acids is 2. The average molecular weight is 491 g/mol. The quantitative estimate of drug-likeness (QED) is 0.509. The average Bonchev–Trinajstić information content (AvgIpc) is 2.92. The van der Waals surface area contributed by atoms with Crippen LogP contribution in [0.3, 0.4) is 0 Å². The molecule has 0 unspecified atom stereocenters. The predicted molar refractivity (Wildman–Crippen MR) is 137 cm³/mol. The molecule has 0 atom stereocenters. The number of anilines is 2. The molecular formula is C28H30N2O6. The van der Waals surface area contributed by atoms with E-state index in [4.69, 9.17) is 18.9 Å². The fourth-order valence-corrected chi connectivity index (χ4v) is 4.63. The van der Waals surface area contributed by atoms with E-state index >= 15 is 0 Å². The van der Waals surface area contributed by atoms with E-state index in [1.54, 1.807) is 18.2 Å². The van der Waals surface area contributed by atoms with Crippen molar-refractivity contribution in [1.29, 1.82) is 0 Å². The van der Waals surface area contributed by atoms with E-state index in [-0.39, 0.29) is 11.8 Å². The van der Waals surface area contributed by atoms with Crippen molar-refractivity contribution < 1.29 is 28.5 Å². The Labute approximate surface area is 210 Å². The van der Waals surface area contributed by atoms with Gasteiger partial charge < -0.3 is 23.8 Å². The molecule has 0 saturated carbocycles. The van der Waals surface area contributed by atoms with Gasteiger partial charge in [0.15, 0.2) is 0 Å².